The van der Waals surface area contributed by atoms with Gasteiger partial charge >= 0.3 is 5.97 Å². The van der Waals surface area contributed by atoms with Crippen LogP contribution in [0.2, 0.25) is 5.15 Å². The van der Waals surface area contributed by atoms with E-state index in [0.717, 1.165) is 28.3 Å². The second kappa shape index (κ2) is 31.3. The van der Waals surface area contributed by atoms with Crippen LogP contribution in [-0.4, -0.2) is 47.3 Å². The molecule has 0 bridgehead atoms. The molecule has 0 amide bonds. The number of nitrogen functional groups attached to an aromatic ring is 1. The van der Waals surface area contributed by atoms with E-state index >= 15 is 0 Å². The van der Waals surface area contributed by atoms with Crippen LogP contribution in [0.15, 0.2) is 126 Å². The number of aromatic nitrogens is 6. The standard InChI is InChI=1S/C8H5ClN2.2C8H6N2O.C7H7NO2.4C2H6.CH4N2/c9-8-6-3-1-2-4-7(6)10-5-11-8;2*11-8-6-3-1-2-4-7(6)9-5-10-8;8-6-4-2-1-3-5(6)7(9)10;4*1-2;2-1-3/h1-5H;2*1-5H,(H,9,10,11);1-4H,8H2,(H,9,10);4*1-2H3;1H,(H3,2,3). The number of carboxylic acid groups (broad SMARTS) is 1. The molecule has 288 valence electrons. The fourth-order valence-corrected chi connectivity index (χ4v) is 3.90. The summed E-state index contributed by atoms with van der Waals surface area (Å²) in [7, 11) is 0. The monoisotopic (exact) mass is 757 g/mol. The number of aromatic amines is 2. The Hall–Kier alpha value is -6.47. The fraction of sp³-hybridized carbons (Fsp3) is 0.200. The molecule has 0 aliphatic carbocycles. The number of nitrogens with two attached hydrogens (primary N) is 2. The smallest absolute Gasteiger partial charge is 0.337 e. The molecule has 7 aromatic rings. The number of rotatable bonds is 1. The first-order valence-corrected chi connectivity index (χ1v) is 17.6. The number of aromatic carboxylic acids is 1. The number of fused-ring (bicyclic) bond motifs is 3. The number of benzene rings is 4. The van der Waals surface area contributed by atoms with Crippen molar-refractivity contribution in [2.24, 2.45) is 5.73 Å². The Kier molecular flexibility index (Phi) is 28.8. The average Bonchev–Trinajstić information content (AvgIpc) is 3.23. The normalized spacial score (nSPS) is 8.61. The summed E-state index contributed by atoms with van der Waals surface area (Å²) in [6.07, 6.45) is 5.03. The largest absolute Gasteiger partial charge is 0.478 e. The molecular weight excluding hydrogens is 706 g/mol. The van der Waals surface area contributed by atoms with Crippen LogP contribution in [0, 0.1) is 5.41 Å². The summed E-state index contributed by atoms with van der Waals surface area (Å²) in [6, 6.07) is 28.5. The van der Waals surface area contributed by atoms with E-state index in [-0.39, 0.29) is 16.7 Å². The molecule has 14 heteroatoms. The van der Waals surface area contributed by atoms with Gasteiger partial charge in [0, 0.05) is 11.1 Å². The zero-order valence-electron chi connectivity index (χ0n) is 32.0. The van der Waals surface area contributed by atoms with Crippen molar-refractivity contribution >= 4 is 62.3 Å². The highest BCUT2D eigenvalue weighted by Gasteiger charge is 2.04. The molecule has 0 radical (unpaired) electrons. The zero-order valence-corrected chi connectivity index (χ0v) is 32.8. The molecule has 0 spiro atoms. The van der Waals surface area contributed by atoms with Crippen LogP contribution in [-0.2, 0) is 0 Å². The maximum atomic E-state index is 11.1. The van der Waals surface area contributed by atoms with Gasteiger partial charge in [-0.3, -0.25) is 15.0 Å². The van der Waals surface area contributed by atoms with Crippen molar-refractivity contribution in [1.29, 1.82) is 5.41 Å². The molecule has 54 heavy (non-hydrogen) atoms. The van der Waals surface area contributed by atoms with Gasteiger partial charge in [-0.2, -0.15) is 0 Å². The van der Waals surface area contributed by atoms with Gasteiger partial charge in [-0.05, 0) is 48.5 Å². The molecule has 0 aliphatic rings. The number of anilines is 1. The van der Waals surface area contributed by atoms with E-state index in [1.807, 2.05) is 116 Å². The Bertz CT molecular complexity index is 2070. The number of hydrogen-bond donors (Lipinski definition) is 6. The maximum absolute atomic E-state index is 11.1. The van der Waals surface area contributed by atoms with Crippen LogP contribution in [0.3, 0.4) is 0 Å². The van der Waals surface area contributed by atoms with Crippen LogP contribution >= 0.6 is 11.6 Å². The average molecular weight is 758 g/mol. The van der Waals surface area contributed by atoms with E-state index in [4.69, 9.17) is 27.9 Å². The lowest BCUT2D eigenvalue weighted by Crippen LogP contribution is -2.05. The summed E-state index contributed by atoms with van der Waals surface area (Å²) in [5, 5.41) is 17.0. The predicted molar refractivity (Wildman–Crippen MR) is 225 cm³/mol. The van der Waals surface area contributed by atoms with Gasteiger partial charge in [-0.15, -0.1) is 0 Å². The highest BCUT2D eigenvalue weighted by molar-refractivity contribution is 6.33. The Morgan fingerprint density at radius 2 is 0.981 bits per heavy atom. The summed E-state index contributed by atoms with van der Waals surface area (Å²) in [6.45, 7) is 16.0. The Balaban J connectivity index is 0. The third-order valence-electron chi connectivity index (χ3n) is 5.78. The van der Waals surface area contributed by atoms with E-state index in [1.54, 1.807) is 30.3 Å². The second-order valence-corrected chi connectivity index (χ2v) is 9.10. The first-order chi connectivity index (χ1) is 26.3. The number of para-hydroxylation sites is 4. The first kappa shape index (κ1) is 49.6. The van der Waals surface area contributed by atoms with Gasteiger partial charge in [0.05, 0.1) is 51.9 Å². The van der Waals surface area contributed by atoms with E-state index in [9.17, 15) is 14.4 Å². The predicted octanol–water partition coefficient (Wildman–Crippen LogP) is 8.75. The summed E-state index contributed by atoms with van der Waals surface area (Å²) in [5.74, 6) is -0.988. The van der Waals surface area contributed by atoms with Crippen molar-refractivity contribution in [1.82, 2.24) is 29.9 Å². The molecule has 0 aliphatic heterocycles. The molecule has 0 fully saturated rings. The molecule has 0 saturated carbocycles. The molecular formula is C40H52ClN9O4. The minimum Gasteiger partial charge on any atom is -0.478 e. The van der Waals surface area contributed by atoms with Crippen LogP contribution in [0.4, 0.5) is 5.69 Å². The lowest BCUT2D eigenvalue weighted by molar-refractivity contribution is 0.0698. The molecule has 0 unspecified atom stereocenters. The molecule has 0 saturated heterocycles. The van der Waals surface area contributed by atoms with Crippen molar-refractivity contribution in [3.63, 3.8) is 0 Å². The van der Waals surface area contributed by atoms with Crippen molar-refractivity contribution < 1.29 is 9.90 Å². The number of H-pyrrole nitrogens is 2. The third kappa shape index (κ3) is 17.6. The second-order valence-electron chi connectivity index (χ2n) is 8.74. The third-order valence-corrected chi connectivity index (χ3v) is 6.08. The maximum Gasteiger partial charge on any atom is 0.337 e. The lowest BCUT2D eigenvalue weighted by Gasteiger charge is -1.96. The van der Waals surface area contributed by atoms with Gasteiger partial charge < -0.3 is 26.5 Å². The van der Waals surface area contributed by atoms with Gasteiger partial charge in [0.2, 0.25) is 0 Å². The van der Waals surface area contributed by atoms with Gasteiger partial charge in [0.1, 0.15) is 11.5 Å². The minimum absolute atomic E-state index is 0.0874. The topological polar surface area (TPSA) is 230 Å². The van der Waals surface area contributed by atoms with Crippen LogP contribution in [0.25, 0.3) is 32.7 Å². The molecule has 3 heterocycles. The summed E-state index contributed by atoms with van der Waals surface area (Å²) < 4.78 is 0. The number of hydrogen-bond acceptors (Lipinski definition) is 9. The van der Waals surface area contributed by atoms with Crippen LogP contribution < -0.4 is 22.6 Å². The molecule has 4 aromatic carbocycles. The summed E-state index contributed by atoms with van der Waals surface area (Å²) in [5.41, 5.74) is 12.4. The Morgan fingerprint density at radius 3 is 1.33 bits per heavy atom. The van der Waals surface area contributed by atoms with Crippen molar-refractivity contribution in [3.8, 4) is 0 Å². The Morgan fingerprint density at radius 1 is 0.630 bits per heavy atom. The van der Waals surface area contributed by atoms with E-state index in [0.29, 0.717) is 21.6 Å². The van der Waals surface area contributed by atoms with E-state index in [2.05, 4.69) is 35.6 Å². The van der Waals surface area contributed by atoms with Crippen molar-refractivity contribution in [2.45, 2.75) is 55.4 Å². The quantitative estimate of drug-likeness (QED) is 0.0403. The molecule has 7 rings (SSSR count). The molecule has 13 nitrogen and oxygen atoms in total. The molecule has 8 N–H and O–H groups in total. The van der Waals surface area contributed by atoms with Crippen LogP contribution in [0.1, 0.15) is 65.7 Å². The summed E-state index contributed by atoms with van der Waals surface area (Å²) in [4.78, 5) is 53.4. The Labute approximate surface area is 321 Å². The number of carbonyl (C=O) groups is 1. The minimum atomic E-state index is -0.988. The number of halogens is 1. The number of nitrogens with zero attached hydrogens (tertiary/aromatic N) is 4. The van der Waals surface area contributed by atoms with Gasteiger partial charge in [0.15, 0.2) is 0 Å². The number of carboxylic acids is 1. The van der Waals surface area contributed by atoms with Gasteiger partial charge in [0.25, 0.3) is 11.1 Å². The SMILES string of the molecule is CC.CC.CC.CC.Clc1ncnc2ccccc12.N=CN.Nc1ccccc1C(=O)O.O=c1[nH]cnc2ccccc12.O=c1[nH]cnc2ccccc12. The molecule has 3 aromatic heterocycles. The van der Waals surface area contributed by atoms with Gasteiger partial charge in [-0.25, -0.2) is 24.7 Å². The van der Waals surface area contributed by atoms with Crippen molar-refractivity contribution in [3.05, 3.63) is 147 Å². The van der Waals surface area contributed by atoms with Crippen LogP contribution in [0.5, 0.6) is 0 Å². The van der Waals surface area contributed by atoms with E-state index in [1.165, 1.54) is 25.0 Å². The van der Waals surface area contributed by atoms with E-state index < -0.39 is 5.97 Å². The zero-order chi connectivity index (χ0) is 41.3. The number of nitrogens with one attached hydrogen (secondary N) is 3. The first-order valence-electron chi connectivity index (χ1n) is 17.2. The van der Waals surface area contributed by atoms with Crippen molar-refractivity contribution in [2.75, 3.05) is 5.73 Å². The van der Waals surface area contributed by atoms with Gasteiger partial charge in [-0.1, -0.05) is 116 Å². The highest BCUT2D eigenvalue weighted by Crippen LogP contribution is 2.17. The fourth-order valence-electron chi connectivity index (χ4n) is 3.70. The molecule has 0 atom stereocenters. The lowest BCUT2D eigenvalue weighted by atomic mass is 10.2. The summed E-state index contributed by atoms with van der Waals surface area (Å²) >= 11 is 5.81. The highest BCUT2D eigenvalue weighted by atomic mass is 35.5.